The predicted molar refractivity (Wildman–Crippen MR) is 65.8 cm³/mol. The van der Waals surface area contributed by atoms with E-state index in [1.54, 1.807) is 6.07 Å². The maximum atomic E-state index is 12.0. The number of rotatable bonds is 1. The monoisotopic (exact) mass is 315 g/mol. The summed E-state index contributed by atoms with van der Waals surface area (Å²) in [5, 5.41) is 10.8. The largest absolute Gasteiger partial charge is 0.487 e. The first-order valence-corrected chi connectivity index (χ1v) is 5.83. The number of fused-ring (bicyclic) bond motifs is 1. The molecule has 0 saturated heterocycles. The van der Waals surface area contributed by atoms with Gasteiger partial charge in [0, 0.05) is 17.7 Å². The summed E-state index contributed by atoms with van der Waals surface area (Å²) in [4.78, 5) is 28.0. The Morgan fingerprint density at radius 2 is 2.44 bits per heavy atom. The number of carboxylic acid groups (broad SMARTS) is 1. The Labute approximate surface area is 111 Å². The average molecular weight is 316 g/mol. The number of nitrogens with zero attached hydrogens (tertiary/aromatic N) is 2. The fraction of sp³-hybridized carbons (Fsp3) is 0.300. The van der Waals surface area contributed by atoms with Gasteiger partial charge in [-0.1, -0.05) is 0 Å². The third-order valence-electron chi connectivity index (χ3n) is 2.45. The fourth-order valence-corrected chi connectivity index (χ4v) is 1.92. The number of ether oxygens (including phenoxy) is 1. The summed E-state index contributed by atoms with van der Waals surface area (Å²) in [6.45, 7) is -0.0688. The number of hydrogen-bond donors (Lipinski definition) is 2. The van der Waals surface area contributed by atoms with Crippen LogP contribution >= 0.6 is 15.9 Å². The van der Waals surface area contributed by atoms with Crippen molar-refractivity contribution in [3.63, 3.8) is 0 Å². The van der Waals surface area contributed by atoms with Gasteiger partial charge in [-0.2, -0.15) is 0 Å². The molecule has 0 bridgehead atoms. The summed E-state index contributed by atoms with van der Waals surface area (Å²) in [6, 6.07) is 0.732. The first kappa shape index (κ1) is 12.6. The third-order valence-corrected chi connectivity index (χ3v) is 2.88. The normalized spacial score (nSPS) is 18.7. The molecule has 0 radical (unpaired) electrons. The highest BCUT2D eigenvalue weighted by Gasteiger charge is 2.31. The van der Waals surface area contributed by atoms with Crippen LogP contribution in [0.15, 0.2) is 16.7 Å². The van der Waals surface area contributed by atoms with Crippen LogP contribution in [0.1, 0.15) is 0 Å². The van der Waals surface area contributed by atoms with Gasteiger partial charge in [-0.3, -0.25) is 9.69 Å². The van der Waals surface area contributed by atoms with E-state index < -0.39 is 18.0 Å². The van der Waals surface area contributed by atoms with E-state index in [-0.39, 0.29) is 6.61 Å². The van der Waals surface area contributed by atoms with E-state index in [9.17, 15) is 9.59 Å². The Morgan fingerprint density at radius 3 is 3.11 bits per heavy atom. The zero-order valence-corrected chi connectivity index (χ0v) is 11.0. The van der Waals surface area contributed by atoms with Crippen molar-refractivity contribution >= 4 is 33.7 Å². The second kappa shape index (κ2) is 4.81. The predicted octanol–water partition coefficient (Wildman–Crippen LogP) is 0.835. The molecule has 2 rings (SSSR count). The second-order valence-electron chi connectivity index (χ2n) is 3.69. The van der Waals surface area contributed by atoms with Gasteiger partial charge in [-0.25, -0.2) is 9.78 Å². The molecule has 1 aromatic rings. The van der Waals surface area contributed by atoms with Crippen LogP contribution in [0.3, 0.4) is 0 Å². The average Bonchev–Trinajstić information content (AvgIpc) is 2.41. The van der Waals surface area contributed by atoms with Gasteiger partial charge in [0.05, 0.1) is 0 Å². The SMILES string of the molecule is CN1C(=O)C(NC(=O)O)COc2cc(Br)cnc21. The Balaban J connectivity index is 2.32. The van der Waals surface area contributed by atoms with Crippen molar-refractivity contribution in [2.75, 3.05) is 18.6 Å². The van der Waals surface area contributed by atoms with Crippen molar-refractivity contribution in [1.82, 2.24) is 10.3 Å². The molecule has 2 N–H and O–H groups in total. The standard InChI is InChI=1S/C10H10BrN3O4/c1-14-8-7(2-5(11)3-12-8)18-4-6(9(14)15)13-10(16)17/h2-3,6,13H,4H2,1H3,(H,16,17). The highest BCUT2D eigenvalue weighted by Crippen LogP contribution is 2.30. The maximum Gasteiger partial charge on any atom is 0.405 e. The van der Waals surface area contributed by atoms with E-state index in [0.29, 0.717) is 16.0 Å². The zero-order chi connectivity index (χ0) is 13.3. The molecule has 1 aliphatic heterocycles. The van der Waals surface area contributed by atoms with E-state index in [4.69, 9.17) is 9.84 Å². The first-order valence-electron chi connectivity index (χ1n) is 5.04. The Bertz CT molecular complexity index is 508. The molecule has 1 atom stereocenters. The Hall–Kier alpha value is -1.83. The number of hydrogen-bond acceptors (Lipinski definition) is 4. The van der Waals surface area contributed by atoms with Crippen LogP contribution in [0.2, 0.25) is 0 Å². The lowest BCUT2D eigenvalue weighted by Crippen LogP contribution is -2.49. The lowest BCUT2D eigenvalue weighted by atomic mass is 10.3. The van der Waals surface area contributed by atoms with Gasteiger partial charge in [-0.15, -0.1) is 0 Å². The number of likely N-dealkylation sites (N-methyl/N-ethyl adjacent to an activating group) is 1. The number of pyridine rings is 1. The number of aromatic nitrogens is 1. The highest BCUT2D eigenvalue weighted by molar-refractivity contribution is 9.10. The lowest BCUT2D eigenvalue weighted by Gasteiger charge is -2.18. The van der Waals surface area contributed by atoms with Gasteiger partial charge in [0.2, 0.25) is 0 Å². The van der Waals surface area contributed by atoms with E-state index in [1.165, 1.54) is 18.1 Å². The smallest absolute Gasteiger partial charge is 0.405 e. The van der Waals surface area contributed by atoms with Crippen molar-refractivity contribution in [2.45, 2.75) is 6.04 Å². The Kier molecular flexibility index (Phi) is 3.37. The van der Waals surface area contributed by atoms with Gasteiger partial charge in [0.15, 0.2) is 11.6 Å². The van der Waals surface area contributed by atoms with Gasteiger partial charge in [-0.05, 0) is 22.0 Å². The van der Waals surface area contributed by atoms with Crippen molar-refractivity contribution in [2.24, 2.45) is 0 Å². The molecule has 8 heteroatoms. The van der Waals surface area contributed by atoms with Crippen molar-refractivity contribution in [3.8, 4) is 5.75 Å². The van der Waals surface area contributed by atoms with Crippen molar-refractivity contribution in [3.05, 3.63) is 16.7 Å². The van der Waals surface area contributed by atoms with E-state index in [1.807, 2.05) is 0 Å². The zero-order valence-electron chi connectivity index (χ0n) is 9.38. The van der Waals surface area contributed by atoms with Gasteiger partial charge < -0.3 is 15.2 Å². The van der Waals surface area contributed by atoms with Gasteiger partial charge >= 0.3 is 6.09 Å². The highest BCUT2D eigenvalue weighted by atomic mass is 79.9. The fourth-order valence-electron chi connectivity index (χ4n) is 1.61. The molecule has 0 aromatic carbocycles. The van der Waals surface area contributed by atoms with Crippen LogP contribution in [0.4, 0.5) is 10.6 Å². The lowest BCUT2D eigenvalue weighted by molar-refractivity contribution is -0.120. The topological polar surface area (TPSA) is 91.8 Å². The van der Waals surface area contributed by atoms with Crippen LogP contribution in [-0.4, -0.2) is 41.8 Å². The summed E-state index contributed by atoms with van der Waals surface area (Å²) in [7, 11) is 1.52. The van der Waals surface area contributed by atoms with E-state index in [0.717, 1.165) is 0 Å². The van der Waals surface area contributed by atoms with Crippen molar-refractivity contribution in [1.29, 1.82) is 0 Å². The molecule has 0 saturated carbocycles. The summed E-state index contributed by atoms with van der Waals surface area (Å²) in [5.74, 6) is 0.374. The molecule has 96 valence electrons. The number of amides is 2. The molecule has 7 nitrogen and oxygen atoms in total. The molecule has 0 aliphatic carbocycles. The summed E-state index contributed by atoms with van der Waals surface area (Å²) in [5.41, 5.74) is 0. The molecule has 1 unspecified atom stereocenters. The van der Waals surface area contributed by atoms with Gasteiger partial charge in [0.25, 0.3) is 5.91 Å². The van der Waals surface area contributed by atoms with Crippen LogP contribution in [0.5, 0.6) is 5.75 Å². The quantitative estimate of drug-likeness (QED) is 0.801. The van der Waals surface area contributed by atoms with Crippen LogP contribution in [0, 0.1) is 0 Å². The molecule has 0 fully saturated rings. The number of carbonyl (C=O) groups is 2. The van der Waals surface area contributed by atoms with Crippen LogP contribution in [-0.2, 0) is 4.79 Å². The number of carbonyl (C=O) groups excluding carboxylic acids is 1. The molecule has 1 aromatic heterocycles. The minimum atomic E-state index is -1.27. The third kappa shape index (κ3) is 2.37. The van der Waals surface area contributed by atoms with Gasteiger partial charge in [0.1, 0.15) is 12.6 Å². The molecule has 2 heterocycles. The maximum absolute atomic E-state index is 12.0. The minimum absolute atomic E-state index is 0.0688. The van der Waals surface area contributed by atoms with Crippen LogP contribution < -0.4 is 15.0 Å². The summed E-state index contributed by atoms with van der Waals surface area (Å²) < 4.78 is 6.12. The molecule has 18 heavy (non-hydrogen) atoms. The molecule has 0 spiro atoms. The summed E-state index contributed by atoms with van der Waals surface area (Å²) >= 11 is 3.25. The molecule has 2 amide bonds. The number of halogens is 1. The minimum Gasteiger partial charge on any atom is -0.487 e. The van der Waals surface area contributed by atoms with Crippen LogP contribution in [0.25, 0.3) is 0 Å². The van der Waals surface area contributed by atoms with E-state index >= 15 is 0 Å². The number of anilines is 1. The van der Waals surface area contributed by atoms with E-state index in [2.05, 4.69) is 26.2 Å². The number of nitrogens with one attached hydrogen (secondary N) is 1. The molecular weight excluding hydrogens is 306 g/mol. The molecular formula is C10H10BrN3O4. The Morgan fingerprint density at radius 1 is 1.72 bits per heavy atom. The summed E-state index contributed by atoms with van der Waals surface area (Å²) in [6.07, 6.45) is 0.266. The first-order chi connectivity index (χ1) is 8.49. The molecule has 1 aliphatic rings. The van der Waals surface area contributed by atoms with Crippen molar-refractivity contribution < 1.29 is 19.4 Å². The second-order valence-corrected chi connectivity index (χ2v) is 4.60.